The molecule has 24 heteroatoms. The molecular weight excluding hydrogens is 1110 g/mol. The highest BCUT2D eigenvalue weighted by atomic mass is 35.5. The Balaban J connectivity index is 0.708. The molecule has 442 valence electrons. The van der Waals surface area contributed by atoms with Gasteiger partial charge in [-0.3, -0.25) is 0 Å². The molecule has 4 amide bonds. The van der Waals surface area contributed by atoms with Gasteiger partial charge >= 0.3 is 12.1 Å². The van der Waals surface area contributed by atoms with Crippen LogP contribution in [0.2, 0.25) is 10.0 Å². The number of fused-ring (bicyclic) bond motifs is 2. The Morgan fingerprint density at radius 3 is 1.19 bits per heavy atom. The van der Waals surface area contributed by atoms with Crippen LogP contribution in [0.3, 0.4) is 0 Å². The number of halogens is 2. The van der Waals surface area contributed by atoms with Gasteiger partial charge in [-0.15, -0.1) is 0 Å². The predicted molar refractivity (Wildman–Crippen MR) is 310 cm³/mol. The fraction of sp³-hybridized carbons (Fsp3) is 0.536. The average molecular weight is 1190 g/mol. The lowest BCUT2D eigenvalue weighted by molar-refractivity contribution is 0.0516. The molecule has 0 saturated carbocycles. The highest BCUT2D eigenvalue weighted by Crippen LogP contribution is 2.43. The number of ether oxygens (including phenoxy) is 6. The fourth-order valence-corrected chi connectivity index (χ4v) is 12.3. The number of hydrogen-bond donors (Lipinski definition) is 6. The van der Waals surface area contributed by atoms with Gasteiger partial charge in [0, 0.05) is 49.3 Å². The van der Waals surface area contributed by atoms with E-state index in [1.54, 1.807) is 24.3 Å². The van der Waals surface area contributed by atoms with Gasteiger partial charge in [0.1, 0.15) is 23.7 Å². The SMILES string of the molecule is Cc1cc(S(=O)(=O)NCCOCCOCCNC(=O)NCCCCNC(=O)NCCOCCOCCNS(=O)(=O)c2ccc(O[C@H]3c4cc(Cl)cc(C)c4C[C@@H]3N(C)C)c(C)c2)ccc1O[C@H]1c2cc(Cl)cc(C)c2C[C@@H]1N(C)C. The standard InChI is InChI=1S/C56H80Cl2N8O12S2/c1-37-29-41(57)33-47-45(37)35-49(65(5)6)53(47)77-51-13-11-43(31-39(51)3)79(69,70)63-19-23-75-27-25-73-21-17-61-55(67)59-15-9-10-16-60-56(68)62-18-22-74-26-28-76-24-20-64-80(71,72)44-12-14-52(40(4)32-44)78-54-48-34-42(58)30-38(2)46(48)36-50(54)66(7)8/h11-14,29-34,49-50,53-54,63-64H,9-10,15-28,35-36H2,1-8H3,(H2,59,61,67)(H2,60,62,68)/t49-,50-,53-,54-/m0/s1. The van der Waals surface area contributed by atoms with Gasteiger partial charge in [-0.1, -0.05) is 23.2 Å². The summed E-state index contributed by atoms with van der Waals surface area (Å²) < 4.78 is 92.6. The van der Waals surface area contributed by atoms with Gasteiger partial charge in [0.15, 0.2) is 0 Å². The molecule has 6 N–H and O–H groups in total. The van der Waals surface area contributed by atoms with E-state index >= 15 is 0 Å². The second kappa shape index (κ2) is 31.0. The van der Waals surface area contributed by atoms with Crippen molar-refractivity contribution in [3.63, 3.8) is 0 Å². The van der Waals surface area contributed by atoms with Crippen LogP contribution in [0.25, 0.3) is 0 Å². The molecule has 0 radical (unpaired) electrons. The topological polar surface area (TPSA) is 236 Å². The predicted octanol–water partition coefficient (Wildman–Crippen LogP) is 6.14. The van der Waals surface area contributed by atoms with Gasteiger partial charge in [-0.2, -0.15) is 0 Å². The van der Waals surface area contributed by atoms with Gasteiger partial charge in [-0.25, -0.2) is 35.9 Å². The van der Waals surface area contributed by atoms with Crippen molar-refractivity contribution in [1.29, 1.82) is 0 Å². The van der Waals surface area contributed by atoms with Crippen LogP contribution in [0, 0.1) is 27.7 Å². The molecule has 80 heavy (non-hydrogen) atoms. The quantitative estimate of drug-likeness (QED) is 0.0294. The number of urea groups is 2. The number of aryl methyl sites for hydroxylation is 4. The second-order valence-electron chi connectivity index (χ2n) is 20.3. The van der Waals surface area contributed by atoms with Crippen LogP contribution in [-0.4, -0.2) is 171 Å². The summed E-state index contributed by atoms with van der Waals surface area (Å²) in [4.78, 5) is 28.8. The Morgan fingerprint density at radius 1 is 0.487 bits per heavy atom. The lowest BCUT2D eigenvalue weighted by atomic mass is 10.0. The number of carbonyl (C=O) groups is 2. The van der Waals surface area contributed by atoms with Gasteiger partial charge in [0.25, 0.3) is 0 Å². The molecule has 6 rings (SSSR count). The number of unbranched alkanes of at least 4 members (excludes halogenated alkanes) is 1. The number of nitrogens with one attached hydrogen (secondary N) is 6. The van der Waals surface area contributed by atoms with E-state index < -0.39 is 20.0 Å². The summed E-state index contributed by atoms with van der Waals surface area (Å²) in [6, 6.07) is 17.0. The molecule has 0 aliphatic heterocycles. The number of hydrogen-bond acceptors (Lipinski definition) is 14. The number of rotatable bonds is 33. The van der Waals surface area contributed by atoms with E-state index in [0.29, 0.717) is 58.6 Å². The van der Waals surface area contributed by atoms with Crippen LogP contribution >= 0.6 is 23.2 Å². The fourth-order valence-electron chi connectivity index (χ4n) is 9.58. The van der Waals surface area contributed by atoms with Crippen molar-refractivity contribution in [3.05, 3.63) is 115 Å². The number of nitrogens with zero attached hydrogens (tertiary/aromatic N) is 2. The average Bonchev–Trinajstić information content (AvgIpc) is 3.95. The van der Waals surface area contributed by atoms with Crippen molar-refractivity contribution >= 4 is 55.3 Å². The van der Waals surface area contributed by atoms with Crippen LogP contribution < -0.4 is 40.2 Å². The first kappa shape index (κ1) is 64.3. The lowest BCUT2D eigenvalue weighted by Crippen LogP contribution is -2.39. The van der Waals surface area contributed by atoms with E-state index in [1.165, 1.54) is 23.3 Å². The monoisotopic (exact) mass is 1190 g/mol. The number of benzene rings is 4. The molecule has 0 saturated heterocycles. The van der Waals surface area contributed by atoms with Gasteiger partial charge < -0.3 is 59.5 Å². The van der Waals surface area contributed by atoms with Crippen molar-refractivity contribution in [2.75, 3.05) is 120 Å². The maximum atomic E-state index is 13.1. The van der Waals surface area contributed by atoms with Crippen LogP contribution in [-0.2, 0) is 51.8 Å². The smallest absolute Gasteiger partial charge is 0.314 e. The summed E-state index contributed by atoms with van der Waals surface area (Å²) in [5.41, 5.74) is 8.20. The van der Waals surface area contributed by atoms with E-state index in [0.717, 1.165) is 35.1 Å². The molecular formula is C56H80Cl2N8O12S2. The first-order valence-corrected chi connectivity index (χ1v) is 30.7. The zero-order chi connectivity index (χ0) is 58.0. The van der Waals surface area contributed by atoms with Crippen LogP contribution in [0.4, 0.5) is 9.59 Å². The van der Waals surface area contributed by atoms with Gasteiger partial charge in [0.2, 0.25) is 20.0 Å². The Kier molecular flexibility index (Phi) is 24.9. The largest absolute Gasteiger partial charge is 0.484 e. The Hall–Kier alpha value is -4.82. The molecule has 0 fully saturated rings. The van der Waals surface area contributed by atoms with Gasteiger partial charge in [-0.05, 0) is 187 Å². The van der Waals surface area contributed by atoms with Crippen molar-refractivity contribution < 1.29 is 54.8 Å². The molecule has 0 spiro atoms. The molecule has 4 aromatic carbocycles. The maximum absolute atomic E-state index is 13.1. The molecule has 4 atom stereocenters. The molecule has 0 bridgehead atoms. The molecule has 0 unspecified atom stereocenters. The summed E-state index contributed by atoms with van der Waals surface area (Å²) >= 11 is 12.8. The molecule has 0 heterocycles. The number of carbonyl (C=O) groups excluding carboxylic acids is 2. The zero-order valence-corrected chi connectivity index (χ0v) is 50.3. The van der Waals surface area contributed by atoms with Crippen molar-refractivity contribution in [3.8, 4) is 11.5 Å². The van der Waals surface area contributed by atoms with Crippen molar-refractivity contribution in [1.82, 2.24) is 40.5 Å². The minimum Gasteiger partial charge on any atom is -0.484 e. The van der Waals surface area contributed by atoms with Gasteiger partial charge in [0.05, 0.1) is 74.7 Å². The zero-order valence-electron chi connectivity index (χ0n) is 47.2. The number of amides is 4. The first-order valence-electron chi connectivity index (χ1n) is 26.9. The summed E-state index contributed by atoms with van der Waals surface area (Å²) in [7, 11) is 0.499. The molecule has 2 aliphatic carbocycles. The van der Waals surface area contributed by atoms with Crippen LogP contribution in [0.1, 0.15) is 69.6 Å². The molecule has 4 aromatic rings. The molecule has 20 nitrogen and oxygen atoms in total. The van der Waals surface area contributed by atoms with E-state index in [1.807, 2.05) is 66.3 Å². The summed E-state index contributed by atoms with van der Waals surface area (Å²) in [6.45, 7) is 11.2. The summed E-state index contributed by atoms with van der Waals surface area (Å²) in [5.74, 6) is 1.21. The van der Waals surface area contributed by atoms with E-state index in [-0.39, 0.29) is 125 Å². The maximum Gasteiger partial charge on any atom is 0.314 e. The van der Waals surface area contributed by atoms with E-state index in [2.05, 4.69) is 54.4 Å². The molecule has 2 aliphatic rings. The lowest BCUT2D eigenvalue weighted by Gasteiger charge is -2.28. The van der Waals surface area contributed by atoms with Crippen LogP contribution in [0.15, 0.2) is 70.5 Å². The Bertz CT molecular complexity index is 2740. The third-order valence-corrected chi connectivity index (χ3v) is 17.2. The van der Waals surface area contributed by atoms with E-state index in [4.69, 9.17) is 51.6 Å². The third kappa shape index (κ3) is 18.9. The third-order valence-electron chi connectivity index (χ3n) is 13.9. The Labute approximate surface area is 482 Å². The second-order valence-corrected chi connectivity index (χ2v) is 24.7. The summed E-state index contributed by atoms with van der Waals surface area (Å²) in [6.07, 6.45) is 2.45. The van der Waals surface area contributed by atoms with E-state index in [9.17, 15) is 26.4 Å². The summed E-state index contributed by atoms with van der Waals surface area (Å²) in [5, 5.41) is 12.3. The van der Waals surface area contributed by atoms with Crippen molar-refractivity contribution in [2.24, 2.45) is 0 Å². The van der Waals surface area contributed by atoms with Crippen molar-refractivity contribution in [2.45, 2.75) is 87.5 Å². The number of sulfonamides is 2. The van der Waals surface area contributed by atoms with Crippen LogP contribution in [0.5, 0.6) is 11.5 Å². The Morgan fingerprint density at radius 2 is 0.838 bits per heavy atom. The number of likely N-dealkylation sites (N-methyl/N-ethyl adjacent to an activating group) is 2. The highest BCUT2D eigenvalue weighted by Gasteiger charge is 2.39. The normalized spacial score (nSPS) is 16.9. The first-order chi connectivity index (χ1) is 38.1. The molecule has 0 aromatic heterocycles. The highest BCUT2D eigenvalue weighted by molar-refractivity contribution is 7.89. The minimum absolute atomic E-state index is 0.0748. The minimum atomic E-state index is -3.79.